The van der Waals surface area contributed by atoms with Crippen LogP contribution in [0.4, 0.5) is 8.78 Å². The van der Waals surface area contributed by atoms with Gasteiger partial charge in [0.25, 0.3) is 0 Å². The molecule has 0 spiro atoms. The Hall–Kier alpha value is -0.970. The number of hydrogen-bond acceptors (Lipinski definition) is 1. The van der Waals surface area contributed by atoms with E-state index in [-0.39, 0.29) is 17.9 Å². The second-order valence-electron chi connectivity index (χ2n) is 4.33. The molecule has 1 amide bonds. The van der Waals surface area contributed by atoms with E-state index < -0.39 is 11.6 Å². The van der Waals surface area contributed by atoms with Crippen LogP contribution in [0.3, 0.4) is 0 Å². The van der Waals surface area contributed by atoms with Crippen LogP contribution in [0.1, 0.15) is 31.2 Å². The van der Waals surface area contributed by atoms with Crippen molar-refractivity contribution >= 4 is 21.8 Å². The lowest BCUT2D eigenvalue weighted by Gasteiger charge is -2.06. The van der Waals surface area contributed by atoms with Crippen LogP contribution in [0.15, 0.2) is 18.2 Å². The van der Waals surface area contributed by atoms with Gasteiger partial charge in [-0.2, -0.15) is 0 Å². The van der Waals surface area contributed by atoms with Crippen LogP contribution in [0.25, 0.3) is 0 Å². The molecule has 1 aromatic rings. The van der Waals surface area contributed by atoms with Gasteiger partial charge in [-0.05, 0) is 25.0 Å². The molecule has 1 N–H and O–H groups in total. The number of nitrogens with one attached hydrogen (secondary N) is 1. The van der Waals surface area contributed by atoms with Crippen molar-refractivity contribution in [2.45, 2.75) is 32.1 Å². The first kappa shape index (κ1) is 16.1. The van der Waals surface area contributed by atoms with Crippen molar-refractivity contribution < 1.29 is 13.6 Å². The van der Waals surface area contributed by atoms with E-state index in [4.69, 9.17) is 0 Å². The molecule has 1 aromatic carbocycles. The third kappa shape index (κ3) is 6.14. The zero-order valence-corrected chi connectivity index (χ0v) is 12.3. The highest BCUT2D eigenvalue weighted by Crippen LogP contribution is 2.12. The molecule has 0 bridgehead atoms. The Bertz CT molecular complexity index is 392. The standard InChI is InChI=1S/C14H18BrF2NO/c15-8-3-1-2-4-9-18-14(19)10-11-12(16)6-5-7-13(11)17/h5-7H,1-4,8-10H2,(H,18,19). The minimum Gasteiger partial charge on any atom is -0.356 e. The van der Waals surface area contributed by atoms with Crippen LogP contribution >= 0.6 is 15.9 Å². The number of rotatable bonds is 8. The number of hydrogen-bond donors (Lipinski definition) is 1. The van der Waals surface area contributed by atoms with E-state index in [2.05, 4.69) is 21.2 Å². The van der Waals surface area contributed by atoms with Crippen molar-refractivity contribution in [1.29, 1.82) is 0 Å². The molecule has 19 heavy (non-hydrogen) atoms. The van der Waals surface area contributed by atoms with Gasteiger partial charge >= 0.3 is 0 Å². The van der Waals surface area contributed by atoms with Gasteiger partial charge in [-0.3, -0.25) is 4.79 Å². The molecule has 0 aliphatic carbocycles. The van der Waals surface area contributed by atoms with Crippen molar-refractivity contribution in [3.8, 4) is 0 Å². The first-order chi connectivity index (χ1) is 9.15. The molecule has 5 heteroatoms. The van der Waals surface area contributed by atoms with Gasteiger partial charge in [0.05, 0.1) is 6.42 Å². The summed E-state index contributed by atoms with van der Waals surface area (Å²) >= 11 is 3.35. The lowest BCUT2D eigenvalue weighted by atomic mass is 10.1. The molecule has 1 rings (SSSR count). The van der Waals surface area contributed by atoms with Crippen LogP contribution in [-0.4, -0.2) is 17.8 Å². The number of amides is 1. The van der Waals surface area contributed by atoms with Gasteiger partial charge in [0.1, 0.15) is 11.6 Å². The topological polar surface area (TPSA) is 29.1 Å². The minimum absolute atomic E-state index is 0.167. The lowest BCUT2D eigenvalue weighted by Crippen LogP contribution is -2.26. The number of benzene rings is 1. The first-order valence-electron chi connectivity index (χ1n) is 6.40. The summed E-state index contributed by atoms with van der Waals surface area (Å²) in [5, 5.41) is 3.67. The number of carbonyl (C=O) groups is 1. The van der Waals surface area contributed by atoms with Crippen molar-refractivity contribution in [1.82, 2.24) is 5.32 Å². The van der Waals surface area contributed by atoms with Gasteiger partial charge in [-0.25, -0.2) is 8.78 Å². The zero-order valence-electron chi connectivity index (χ0n) is 10.7. The number of carbonyl (C=O) groups excluding carboxylic acids is 1. The summed E-state index contributed by atoms with van der Waals surface area (Å²) in [5.41, 5.74) is -0.167. The van der Waals surface area contributed by atoms with E-state index >= 15 is 0 Å². The van der Waals surface area contributed by atoms with Gasteiger partial charge in [-0.1, -0.05) is 34.8 Å². The molecule has 0 saturated carbocycles. The highest BCUT2D eigenvalue weighted by molar-refractivity contribution is 9.09. The lowest BCUT2D eigenvalue weighted by molar-refractivity contribution is -0.120. The molecular formula is C14H18BrF2NO. The fourth-order valence-corrected chi connectivity index (χ4v) is 2.12. The smallest absolute Gasteiger partial charge is 0.224 e. The quantitative estimate of drug-likeness (QED) is 0.571. The molecule has 0 aromatic heterocycles. The summed E-state index contributed by atoms with van der Waals surface area (Å²) in [7, 11) is 0. The third-order valence-corrected chi connectivity index (χ3v) is 3.34. The molecular weight excluding hydrogens is 316 g/mol. The molecule has 106 valence electrons. The van der Waals surface area contributed by atoms with E-state index in [0.29, 0.717) is 6.54 Å². The van der Waals surface area contributed by atoms with Crippen LogP contribution in [-0.2, 0) is 11.2 Å². The van der Waals surface area contributed by atoms with Crippen LogP contribution in [0.2, 0.25) is 0 Å². The summed E-state index contributed by atoms with van der Waals surface area (Å²) in [4.78, 5) is 11.6. The number of alkyl halides is 1. The molecule has 0 aliphatic heterocycles. The van der Waals surface area contributed by atoms with Gasteiger partial charge in [0, 0.05) is 17.4 Å². The second-order valence-corrected chi connectivity index (χ2v) is 5.12. The molecule has 0 radical (unpaired) electrons. The SMILES string of the molecule is O=C(Cc1c(F)cccc1F)NCCCCCCBr. The van der Waals surface area contributed by atoms with Crippen LogP contribution < -0.4 is 5.32 Å². The second kappa shape index (κ2) is 9.02. The minimum atomic E-state index is -0.674. The van der Waals surface area contributed by atoms with E-state index in [0.717, 1.165) is 43.1 Å². The predicted octanol–water partition coefficient (Wildman–Crippen LogP) is 3.58. The summed E-state index contributed by atoms with van der Waals surface area (Å²) < 4.78 is 26.6. The van der Waals surface area contributed by atoms with Crippen LogP contribution in [0, 0.1) is 11.6 Å². The maximum absolute atomic E-state index is 13.3. The number of unbranched alkanes of at least 4 members (excludes halogenated alkanes) is 3. The average Bonchev–Trinajstić information content (AvgIpc) is 2.38. The zero-order chi connectivity index (χ0) is 14.1. The van der Waals surface area contributed by atoms with Crippen molar-refractivity contribution in [3.05, 3.63) is 35.4 Å². The van der Waals surface area contributed by atoms with Crippen molar-refractivity contribution in [2.75, 3.05) is 11.9 Å². The van der Waals surface area contributed by atoms with Crippen LogP contribution in [0.5, 0.6) is 0 Å². The maximum atomic E-state index is 13.3. The van der Waals surface area contributed by atoms with E-state index in [1.807, 2.05) is 0 Å². The fourth-order valence-electron chi connectivity index (χ4n) is 1.73. The van der Waals surface area contributed by atoms with Gasteiger partial charge in [-0.15, -0.1) is 0 Å². The summed E-state index contributed by atoms with van der Waals surface area (Å²) in [6.45, 7) is 0.553. The molecule has 2 nitrogen and oxygen atoms in total. The Balaban J connectivity index is 2.28. The predicted molar refractivity (Wildman–Crippen MR) is 75.3 cm³/mol. The Morgan fingerprint density at radius 3 is 2.37 bits per heavy atom. The maximum Gasteiger partial charge on any atom is 0.224 e. The molecule has 0 saturated heterocycles. The average molecular weight is 334 g/mol. The molecule has 0 atom stereocenters. The third-order valence-electron chi connectivity index (χ3n) is 2.78. The van der Waals surface area contributed by atoms with E-state index in [9.17, 15) is 13.6 Å². The molecule has 0 unspecified atom stereocenters. The van der Waals surface area contributed by atoms with E-state index in [1.165, 1.54) is 6.07 Å². The van der Waals surface area contributed by atoms with Gasteiger partial charge < -0.3 is 5.32 Å². The number of halogens is 3. The molecule has 0 aliphatic rings. The van der Waals surface area contributed by atoms with Crippen molar-refractivity contribution in [2.24, 2.45) is 0 Å². The Morgan fingerprint density at radius 2 is 1.74 bits per heavy atom. The van der Waals surface area contributed by atoms with Gasteiger partial charge in [0.15, 0.2) is 0 Å². The summed E-state index contributed by atoms with van der Waals surface area (Å²) in [6.07, 6.45) is 3.91. The Kier molecular flexibility index (Phi) is 7.63. The van der Waals surface area contributed by atoms with E-state index in [1.54, 1.807) is 0 Å². The normalized spacial score (nSPS) is 10.5. The summed E-state index contributed by atoms with van der Waals surface area (Å²) in [5.74, 6) is -1.69. The highest BCUT2D eigenvalue weighted by Gasteiger charge is 2.12. The molecule has 0 fully saturated rings. The van der Waals surface area contributed by atoms with Gasteiger partial charge in [0.2, 0.25) is 5.91 Å². The fraction of sp³-hybridized carbons (Fsp3) is 0.500. The first-order valence-corrected chi connectivity index (χ1v) is 7.53. The van der Waals surface area contributed by atoms with Crippen molar-refractivity contribution in [3.63, 3.8) is 0 Å². The Labute approximate surface area is 120 Å². The summed E-state index contributed by atoms with van der Waals surface area (Å²) in [6, 6.07) is 3.61. The monoisotopic (exact) mass is 333 g/mol. The molecule has 0 heterocycles. The highest BCUT2D eigenvalue weighted by atomic mass is 79.9. The largest absolute Gasteiger partial charge is 0.356 e. The Morgan fingerprint density at radius 1 is 1.11 bits per heavy atom.